The fraction of sp³-hybridized carbons (Fsp3) is 0.778. The zero-order valence-electron chi connectivity index (χ0n) is 8.73. The molecular weight excluding hydrogens is 200 g/mol. The maximum atomic E-state index is 11.4. The molecule has 1 N–H and O–H groups in total. The average molecular weight is 218 g/mol. The first kappa shape index (κ1) is 11.7. The van der Waals surface area contributed by atoms with Crippen molar-refractivity contribution in [1.82, 2.24) is 9.03 Å². The van der Waals surface area contributed by atoms with E-state index in [4.69, 9.17) is 0 Å². The highest BCUT2D eigenvalue weighted by Crippen LogP contribution is 2.17. The molecule has 0 radical (unpaired) electrons. The summed E-state index contributed by atoms with van der Waals surface area (Å²) in [6.45, 7) is 0.546. The number of hydrogen-bond donors (Lipinski definition) is 1. The highest BCUT2D eigenvalue weighted by molar-refractivity contribution is 7.87. The molecule has 0 saturated heterocycles. The summed E-state index contributed by atoms with van der Waals surface area (Å²) in [5, 5.41) is 0. The van der Waals surface area contributed by atoms with E-state index >= 15 is 0 Å². The second-order valence-electron chi connectivity index (χ2n) is 3.79. The maximum absolute atomic E-state index is 11.4. The van der Waals surface area contributed by atoms with Crippen molar-refractivity contribution in [3.05, 3.63) is 12.2 Å². The molecule has 5 heteroatoms. The van der Waals surface area contributed by atoms with E-state index in [-0.39, 0.29) is 0 Å². The van der Waals surface area contributed by atoms with Gasteiger partial charge in [-0.25, -0.2) is 4.72 Å². The van der Waals surface area contributed by atoms with Crippen molar-refractivity contribution < 1.29 is 8.42 Å². The zero-order chi connectivity index (χ0) is 10.6. The van der Waals surface area contributed by atoms with E-state index in [2.05, 4.69) is 16.9 Å². The van der Waals surface area contributed by atoms with Crippen LogP contribution in [0.2, 0.25) is 0 Å². The summed E-state index contributed by atoms with van der Waals surface area (Å²) in [4.78, 5) is 0. The van der Waals surface area contributed by atoms with Crippen LogP contribution in [0.25, 0.3) is 0 Å². The zero-order valence-corrected chi connectivity index (χ0v) is 9.55. The van der Waals surface area contributed by atoms with Crippen LogP contribution in [-0.4, -0.2) is 33.4 Å². The molecule has 0 spiro atoms. The molecule has 0 aromatic rings. The van der Waals surface area contributed by atoms with Gasteiger partial charge in [0.15, 0.2) is 0 Å². The molecule has 0 aliphatic heterocycles. The van der Waals surface area contributed by atoms with Crippen LogP contribution in [0.15, 0.2) is 12.2 Å². The van der Waals surface area contributed by atoms with Crippen LogP contribution in [0.5, 0.6) is 0 Å². The molecule has 0 amide bonds. The van der Waals surface area contributed by atoms with Crippen LogP contribution >= 0.6 is 0 Å². The largest absolute Gasteiger partial charge is 0.278 e. The normalized spacial score (nSPS) is 22.9. The van der Waals surface area contributed by atoms with Crippen molar-refractivity contribution in [2.24, 2.45) is 5.92 Å². The molecule has 1 atom stereocenters. The van der Waals surface area contributed by atoms with Crippen LogP contribution in [-0.2, 0) is 10.2 Å². The van der Waals surface area contributed by atoms with E-state index in [9.17, 15) is 8.42 Å². The summed E-state index contributed by atoms with van der Waals surface area (Å²) < 4.78 is 26.5. The molecule has 0 aromatic carbocycles. The van der Waals surface area contributed by atoms with E-state index < -0.39 is 10.2 Å². The second kappa shape index (κ2) is 4.91. The molecule has 14 heavy (non-hydrogen) atoms. The van der Waals surface area contributed by atoms with Gasteiger partial charge in [-0.3, -0.25) is 0 Å². The van der Waals surface area contributed by atoms with Gasteiger partial charge in [0.2, 0.25) is 0 Å². The Bertz CT molecular complexity index is 296. The number of nitrogens with one attached hydrogen (secondary N) is 1. The fourth-order valence-electron chi connectivity index (χ4n) is 1.39. The Balaban J connectivity index is 2.37. The van der Waals surface area contributed by atoms with Crippen molar-refractivity contribution >= 4 is 10.2 Å². The smallest absolute Gasteiger partial charge is 0.202 e. The van der Waals surface area contributed by atoms with Crippen molar-refractivity contribution in [2.75, 3.05) is 20.6 Å². The number of hydrogen-bond acceptors (Lipinski definition) is 2. The first-order valence-electron chi connectivity index (χ1n) is 4.84. The molecule has 0 heterocycles. The predicted octanol–water partition coefficient (Wildman–Crippen LogP) is 0.739. The summed E-state index contributed by atoms with van der Waals surface area (Å²) in [5.74, 6) is 0.453. The van der Waals surface area contributed by atoms with Gasteiger partial charge in [0.1, 0.15) is 0 Å². The monoisotopic (exact) mass is 218 g/mol. The van der Waals surface area contributed by atoms with Gasteiger partial charge in [-0.05, 0) is 25.2 Å². The molecular formula is C9H18N2O2S. The van der Waals surface area contributed by atoms with E-state index in [0.29, 0.717) is 12.5 Å². The predicted molar refractivity (Wildman–Crippen MR) is 57.1 cm³/mol. The topological polar surface area (TPSA) is 49.4 Å². The standard InChI is InChI=1S/C9H18N2O2S/c1-11(2)14(12,13)10-8-9-6-4-3-5-7-9/h3-4,9-10H,5-8H2,1-2H3/t9-/m0/s1. The summed E-state index contributed by atoms with van der Waals surface area (Å²) in [7, 11) is -0.177. The lowest BCUT2D eigenvalue weighted by molar-refractivity contribution is 0.451. The minimum Gasteiger partial charge on any atom is -0.202 e. The van der Waals surface area contributed by atoms with Crippen molar-refractivity contribution in [2.45, 2.75) is 19.3 Å². The van der Waals surface area contributed by atoms with Gasteiger partial charge in [0.25, 0.3) is 10.2 Å². The van der Waals surface area contributed by atoms with Gasteiger partial charge < -0.3 is 0 Å². The first-order chi connectivity index (χ1) is 6.52. The third-order valence-corrected chi connectivity index (χ3v) is 3.91. The average Bonchev–Trinajstić information content (AvgIpc) is 2.16. The third kappa shape index (κ3) is 3.40. The highest BCUT2D eigenvalue weighted by atomic mass is 32.2. The quantitative estimate of drug-likeness (QED) is 0.708. The lowest BCUT2D eigenvalue weighted by Crippen LogP contribution is -2.38. The lowest BCUT2D eigenvalue weighted by Gasteiger charge is -2.19. The summed E-state index contributed by atoms with van der Waals surface area (Å²) >= 11 is 0. The summed E-state index contributed by atoms with van der Waals surface area (Å²) in [6.07, 6.45) is 7.39. The summed E-state index contributed by atoms with van der Waals surface area (Å²) in [6, 6.07) is 0. The van der Waals surface area contributed by atoms with Crippen LogP contribution in [0, 0.1) is 5.92 Å². The highest BCUT2D eigenvalue weighted by Gasteiger charge is 2.16. The van der Waals surface area contributed by atoms with Gasteiger partial charge >= 0.3 is 0 Å². The molecule has 1 aliphatic rings. The Labute approximate surface area is 86.2 Å². The Morgan fingerprint density at radius 2 is 2.14 bits per heavy atom. The van der Waals surface area contributed by atoms with Crippen molar-refractivity contribution in [3.8, 4) is 0 Å². The molecule has 0 aromatic heterocycles. The molecule has 0 bridgehead atoms. The summed E-state index contributed by atoms with van der Waals surface area (Å²) in [5.41, 5.74) is 0. The number of rotatable bonds is 4. The molecule has 4 nitrogen and oxygen atoms in total. The van der Waals surface area contributed by atoms with E-state index in [1.807, 2.05) is 0 Å². The van der Waals surface area contributed by atoms with E-state index in [1.165, 1.54) is 18.4 Å². The van der Waals surface area contributed by atoms with Gasteiger partial charge in [-0.2, -0.15) is 12.7 Å². The van der Waals surface area contributed by atoms with E-state index in [1.54, 1.807) is 0 Å². The molecule has 82 valence electrons. The molecule has 1 aliphatic carbocycles. The minimum absolute atomic E-state index is 0.453. The van der Waals surface area contributed by atoms with E-state index in [0.717, 1.165) is 19.3 Å². The number of allylic oxidation sites excluding steroid dienone is 2. The Morgan fingerprint density at radius 1 is 1.43 bits per heavy atom. The van der Waals surface area contributed by atoms with Crippen LogP contribution in [0.1, 0.15) is 19.3 Å². The SMILES string of the molecule is CN(C)S(=O)(=O)NC[C@H]1CC=CCC1. The molecule has 0 unspecified atom stereocenters. The first-order valence-corrected chi connectivity index (χ1v) is 6.28. The Kier molecular flexibility index (Phi) is 4.10. The van der Waals surface area contributed by atoms with Crippen LogP contribution < -0.4 is 4.72 Å². The molecule has 0 saturated carbocycles. The van der Waals surface area contributed by atoms with Crippen LogP contribution in [0.4, 0.5) is 0 Å². The molecule has 1 rings (SSSR count). The minimum atomic E-state index is -3.24. The lowest BCUT2D eigenvalue weighted by atomic mass is 9.95. The second-order valence-corrected chi connectivity index (χ2v) is 5.76. The van der Waals surface area contributed by atoms with Crippen molar-refractivity contribution in [3.63, 3.8) is 0 Å². The van der Waals surface area contributed by atoms with Crippen molar-refractivity contribution in [1.29, 1.82) is 0 Å². The van der Waals surface area contributed by atoms with Gasteiger partial charge in [-0.1, -0.05) is 12.2 Å². The van der Waals surface area contributed by atoms with Gasteiger partial charge in [-0.15, -0.1) is 0 Å². The third-order valence-electron chi connectivity index (χ3n) is 2.41. The van der Waals surface area contributed by atoms with Gasteiger partial charge in [0, 0.05) is 20.6 Å². The molecule has 0 fully saturated rings. The fourth-order valence-corrected chi connectivity index (χ4v) is 2.10. The Morgan fingerprint density at radius 3 is 2.64 bits per heavy atom. The van der Waals surface area contributed by atoms with Gasteiger partial charge in [0.05, 0.1) is 0 Å². The van der Waals surface area contributed by atoms with Crippen LogP contribution in [0.3, 0.4) is 0 Å². The maximum Gasteiger partial charge on any atom is 0.278 e. The Hall–Kier alpha value is -0.390. The number of nitrogens with zero attached hydrogens (tertiary/aromatic N) is 1.